The van der Waals surface area contributed by atoms with E-state index in [2.05, 4.69) is 112 Å². The predicted molar refractivity (Wildman–Crippen MR) is 303 cm³/mol. The number of hydrogen-bond donors (Lipinski definition) is 3. The van der Waals surface area contributed by atoms with Gasteiger partial charge in [0, 0.05) is 19.3 Å². The van der Waals surface area contributed by atoms with Crippen molar-refractivity contribution in [2.75, 3.05) is 13.2 Å². The summed E-state index contributed by atoms with van der Waals surface area (Å²) in [6, 6.07) is 0. The third-order valence-corrected chi connectivity index (χ3v) is 12.4. The summed E-state index contributed by atoms with van der Waals surface area (Å²) in [5.74, 6) is -3.25. The summed E-state index contributed by atoms with van der Waals surface area (Å²) in [4.78, 5) is 51.0. The molecule has 0 aliphatic carbocycles. The van der Waals surface area contributed by atoms with Crippen molar-refractivity contribution in [3.8, 4) is 0 Å². The highest BCUT2D eigenvalue weighted by Crippen LogP contribution is 2.26. The Morgan fingerprint density at radius 1 is 0.453 bits per heavy atom. The summed E-state index contributed by atoms with van der Waals surface area (Å²) >= 11 is 0. The minimum Gasteiger partial charge on any atom is -0.479 e. The number of aliphatic carboxylic acids is 1. The maximum atomic E-state index is 13.1. The highest BCUT2D eigenvalue weighted by molar-refractivity contribution is 5.74. The Kier molecular flexibility index (Phi) is 45.8. The molecular weight excluding hydrogens is 949 g/mol. The minimum absolute atomic E-state index is 0.0696. The molecule has 0 radical (unpaired) electrons. The first-order chi connectivity index (χ1) is 36.6. The van der Waals surface area contributed by atoms with Crippen LogP contribution in [0.2, 0.25) is 0 Å². The average molecular weight is 1050 g/mol. The van der Waals surface area contributed by atoms with Crippen molar-refractivity contribution in [3.05, 3.63) is 109 Å². The normalized spacial score (nSPS) is 19.0. The monoisotopic (exact) mass is 1050 g/mol. The molecule has 75 heavy (non-hydrogen) atoms. The molecule has 0 aromatic carbocycles. The molecule has 0 bridgehead atoms. The molecule has 0 aromatic heterocycles. The van der Waals surface area contributed by atoms with Crippen LogP contribution in [0.25, 0.3) is 0 Å². The van der Waals surface area contributed by atoms with Gasteiger partial charge in [-0.25, -0.2) is 4.79 Å². The molecule has 1 saturated heterocycles. The van der Waals surface area contributed by atoms with E-state index >= 15 is 0 Å². The summed E-state index contributed by atoms with van der Waals surface area (Å²) in [5, 5.41) is 31.4. The van der Waals surface area contributed by atoms with Gasteiger partial charge in [0.25, 0.3) is 0 Å². The Hall–Kier alpha value is -4.62. The number of aliphatic hydroxyl groups excluding tert-OH is 2. The summed E-state index contributed by atoms with van der Waals surface area (Å²) in [5.41, 5.74) is 0. The molecule has 12 nitrogen and oxygen atoms in total. The zero-order valence-corrected chi connectivity index (χ0v) is 46.5. The average Bonchev–Trinajstić information content (AvgIpc) is 3.39. The zero-order valence-electron chi connectivity index (χ0n) is 46.5. The van der Waals surface area contributed by atoms with Crippen LogP contribution in [0.15, 0.2) is 109 Å². The Morgan fingerprint density at radius 2 is 0.867 bits per heavy atom. The molecule has 1 rings (SSSR count). The number of ether oxygens (including phenoxy) is 5. The number of carbonyl (C=O) groups excluding carboxylic acids is 3. The van der Waals surface area contributed by atoms with Crippen molar-refractivity contribution < 1.29 is 58.2 Å². The number of carbonyl (C=O) groups is 4. The van der Waals surface area contributed by atoms with E-state index in [-0.39, 0.29) is 25.9 Å². The van der Waals surface area contributed by atoms with E-state index < -0.39 is 67.3 Å². The molecule has 6 unspecified atom stereocenters. The van der Waals surface area contributed by atoms with Crippen LogP contribution in [0.4, 0.5) is 0 Å². The first kappa shape index (κ1) is 68.4. The van der Waals surface area contributed by atoms with Crippen LogP contribution in [0.5, 0.6) is 0 Å². The van der Waals surface area contributed by atoms with Crippen LogP contribution in [-0.4, -0.2) is 89.2 Å². The predicted octanol–water partition coefficient (Wildman–Crippen LogP) is 14.7. The van der Waals surface area contributed by atoms with Crippen LogP contribution in [0.3, 0.4) is 0 Å². The molecule has 1 fully saturated rings. The molecule has 0 spiro atoms. The van der Waals surface area contributed by atoms with E-state index in [4.69, 9.17) is 23.7 Å². The number of esters is 3. The van der Waals surface area contributed by atoms with Crippen molar-refractivity contribution >= 4 is 23.9 Å². The molecule has 1 aliphatic heterocycles. The number of aliphatic hydroxyl groups is 2. The minimum atomic E-state index is -1.93. The topological polar surface area (TPSA) is 175 Å². The van der Waals surface area contributed by atoms with Crippen LogP contribution in [0.1, 0.15) is 213 Å². The maximum absolute atomic E-state index is 13.1. The van der Waals surface area contributed by atoms with E-state index in [0.717, 1.165) is 109 Å². The lowest BCUT2D eigenvalue weighted by molar-refractivity contribution is -0.301. The molecule has 1 aliphatic rings. The molecule has 0 saturated carbocycles. The molecule has 424 valence electrons. The molecule has 6 atom stereocenters. The number of unbranched alkanes of at least 4 members (excludes halogenated alkanes) is 15. The lowest BCUT2D eigenvalue weighted by atomic mass is 9.98. The van der Waals surface area contributed by atoms with Crippen molar-refractivity contribution in [1.82, 2.24) is 0 Å². The van der Waals surface area contributed by atoms with E-state index in [9.17, 15) is 34.5 Å². The Morgan fingerprint density at radius 3 is 1.33 bits per heavy atom. The van der Waals surface area contributed by atoms with E-state index in [1.165, 1.54) is 38.5 Å². The van der Waals surface area contributed by atoms with Crippen LogP contribution in [-0.2, 0) is 42.9 Å². The second-order valence-corrected chi connectivity index (χ2v) is 19.2. The summed E-state index contributed by atoms with van der Waals surface area (Å²) in [6.07, 6.45) is 55.1. The van der Waals surface area contributed by atoms with Gasteiger partial charge in [0.1, 0.15) is 18.8 Å². The Bertz CT molecular complexity index is 1720. The zero-order chi connectivity index (χ0) is 54.7. The van der Waals surface area contributed by atoms with Gasteiger partial charge in [-0.1, -0.05) is 214 Å². The molecule has 12 heteroatoms. The van der Waals surface area contributed by atoms with E-state index in [1.807, 2.05) is 18.2 Å². The number of carboxylic acid groups (broad SMARTS) is 1. The molecule has 1 heterocycles. The van der Waals surface area contributed by atoms with Crippen molar-refractivity contribution in [3.63, 3.8) is 0 Å². The third-order valence-electron chi connectivity index (χ3n) is 12.4. The number of rotatable bonds is 47. The largest absolute Gasteiger partial charge is 0.479 e. The van der Waals surface area contributed by atoms with Gasteiger partial charge in [0.05, 0.1) is 6.61 Å². The highest BCUT2D eigenvalue weighted by atomic mass is 16.7. The smallest absolute Gasteiger partial charge is 0.335 e. The van der Waals surface area contributed by atoms with Crippen LogP contribution in [0, 0.1) is 0 Å². The quantitative estimate of drug-likeness (QED) is 0.0228. The SMILES string of the molecule is CC/C=C\C/C=C\C/C=C\C/C=C\C/C=C\C/C=C\CCC(=O)OC1C(OCC(COC(=O)CCCCCCCCC/C=C\C/C=C\C/C=C\CC)OC(=O)CCCCCCCCCCC)OC(C(=O)O)C(O)C1O. The Labute approximate surface area is 453 Å². The first-order valence-electron chi connectivity index (χ1n) is 28.9. The standard InChI is InChI=1S/C63H100O12/c1-4-7-10-13-16-19-21-23-25-27-28-30-32-34-36-39-42-45-48-51-57(66)74-61-59(68)58(67)60(62(69)70)75-63(61)72-53-54(73-56(65)50-47-44-41-37-18-15-12-9-6-3)52-71-55(64)49-46-43-40-38-35-33-31-29-26-24-22-20-17-14-11-8-5-2/h7-8,10-11,16-17,19-20,23-26,28,30,34,36,42,45,54,58-61,63,67-68H,4-6,9,12-15,18,21-22,27,29,31-33,35,37-41,43-44,46-53H2,1-3H3,(H,69,70)/b10-7-,11-8-,19-16-,20-17-,25-23-,26-24-,30-28-,36-34-,45-42-. The van der Waals surface area contributed by atoms with Gasteiger partial charge in [0.15, 0.2) is 24.6 Å². The number of hydrogen-bond acceptors (Lipinski definition) is 11. The van der Waals surface area contributed by atoms with Gasteiger partial charge in [-0.15, -0.1) is 0 Å². The fourth-order valence-electron chi connectivity index (χ4n) is 8.00. The third kappa shape index (κ3) is 40.3. The molecule has 0 amide bonds. The van der Waals surface area contributed by atoms with E-state index in [0.29, 0.717) is 25.7 Å². The summed E-state index contributed by atoms with van der Waals surface area (Å²) in [7, 11) is 0. The summed E-state index contributed by atoms with van der Waals surface area (Å²) < 4.78 is 28.3. The fourth-order valence-corrected chi connectivity index (χ4v) is 8.00. The lowest BCUT2D eigenvalue weighted by Gasteiger charge is -2.40. The van der Waals surface area contributed by atoms with E-state index in [1.54, 1.807) is 0 Å². The van der Waals surface area contributed by atoms with Crippen LogP contribution < -0.4 is 0 Å². The van der Waals surface area contributed by atoms with Gasteiger partial charge in [-0.2, -0.15) is 0 Å². The first-order valence-corrected chi connectivity index (χ1v) is 28.9. The van der Waals surface area contributed by atoms with Crippen molar-refractivity contribution in [1.29, 1.82) is 0 Å². The second kappa shape index (κ2) is 50.2. The molecule has 3 N–H and O–H groups in total. The molecule has 0 aromatic rings. The van der Waals surface area contributed by atoms with Crippen LogP contribution >= 0.6 is 0 Å². The lowest BCUT2D eigenvalue weighted by Crippen LogP contribution is -2.61. The van der Waals surface area contributed by atoms with Gasteiger partial charge >= 0.3 is 23.9 Å². The highest BCUT2D eigenvalue weighted by Gasteiger charge is 2.50. The van der Waals surface area contributed by atoms with Gasteiger partial charge in [0.2, 0.25) is 0 Å². The van der Waals surface area contributed by atoms with Gasteiger partial charge < -0.3 is 39.0 Å². The number of carboxylic acids is 1. The summed E-state index contributed by atoms with van der Waals surface area (Å²) in [6.45, 7) is 5.69. The fraction of sp³-hybridized carbons (Fsp3) is 0.651. The van der Waals surface area contributed by atoms with Gasteiger partial charge in [-0.3, -0.25) is 14.4 Å². The second-order valence-electron chi connectivity index (χ2n) is 19.2. The number of allylic oxidation sites excluding steroid dienone is 18. The Balaban J connectivity index is 2.70. The van der Waals surface area contributed by atoms with Gasteiger partial charge in [-0.05, 0) is 89.9 Å². The maximum Gasteiger partial charge on any atom is 0.335 e. The van der Waals surface area contributed by atoms with Crippen molar-refractivity contribution in [2.45, 2.75) is 250 Å². The molecular formula is C63H100O12. The van der Waals surface area contributed by atoms with Crippen molar-refractivity contribution in [2.24, 2.45) is 0 Å².